The van der Waals surface area contributed by atoms with Crippen LogP contribution < -0.4 is 0 Å². The topological polar surface area (TPSA) is 101 Å². The van der Waals surface area contributed by atoms with Crippen LogP contribution in [0.2, 0.25) is 0 Å². The van der Waals surface area contributed by atoms with E-state index in [0.717, 1.165) is 12.8 Å². The average molecular weight is 256 g/mol. The Morgan fingerprint density at radius 1 is 1.33 bits per heavy atom. The number of carbonyl (C=O) groups is 3. The van der Waals surface area contributed by atoms with Crippen LogP contribution in [0.3, 0.4) is 0 Å². The third-order valence-corrected chi connectivity index (χ3v) is 2.66. The first-order valence-corrected chi connectivity index (χ1v) is 5.86. The van der Waals surface area contributed by atoms with Crippen LogP contribution in [0.1, 0.15) is 39.0 Å². The van der Waals surface area contributed by atoms with Crippen molar-refractivity contribution >= 4 is 17.7 Å². The number of Topliss-reactive ketones (excluding diaryl/α,β-unsaturated/α-hetero) is 1. The standard InChI is InChI=1S/C12H16O6/c1-2-3-4-5-7(13)10-11(16)8(6-9(14)15)18-12(10)17/h8,16H,2-6H2,1H3,(H,14,15)/t8-/m1/s1. The predicted octanol–water partition coefficient (Wildman–Crippen LogP) is 1.35. The second-order valence-corrected chi connectivity index (χ2v) is 4.13. The molecule has 0 saturated heterocycles. The van der Waals surface area contributed by atoms with Crippen molar-refractivity contribution in [1.82, 2.24) is 0 Å². The zero-order valence-electron chi connectivity index (χ0n) is 10.1. The highest BCUT2D eigenvalue weighted by Crippen LogP contribution is 2.25. The van der Waals surface area contributed by atoms with E-state index in [1.54, 1.807) is 0 Å². The van der Waals surface area contributed by atoms with Gasteiger partial charge >= 0.3 is 11.9 Å². The monoisotopic (exact) mass is 256 g/mol. The van der Waals surface area contributed by atoms with Gasteiger partial charge in [0.25, 0.3) is 0 Å². The number of ether oxygens (including phenoxy) is 1. The molecule has 0 unspecified atom stereocenters. The number of aliphatic hydroxyl groups is 1. The molecule has 0 aliphatic carbocycles. The van der Waals surface area contributed by atoms with Crippen molar-refractivity contribution in [3.05, 3.63) is 11.3 Å². The highest BCUT2D eigenvalue weighted by atomic mass is 16.6. The van der Waals surface area contributed by atoms with Crippen molar-refractivity contribution in [2.75, 3.05) is 0 Å². The van der Waals surface area contributed by atoms with Crippen molar-refractivity contribution in [3.8, 4) is 0 Å². The second-order valence-electron chi connectivity index (χ2n) is 4.13. The lowest BCUT2D eigenvalue weighted by molar-refractivity contribution is -0.145. The second kappa shape index (κ2) is 6.18. The molecular formula is C12H16O6. The maximum atomic E-state index is 11.7. The molecule has 0 spiro atoms. The molecule has 1 aliphatic heterocycles. The Bertz CT molecular complexity index is 395. The van der Waals surface area contributed by atoms with Crippen LogP contribution >= 0.6 is 0 Å². The van der Waals surface area contributed by atoms with Gasteiger partial charge in [-0.15, -0.1) is 0 Å². The van der Waals surface area contributed by atoms with Crippen LogP contribution in [0.15, 0.2) is 11.3 Å². The molecule has 1 aliphatic rings. The van der Waals surface area contributed by atoms with E-state index < -0.39 is 41.6 Å². The molecule has 0 aromatic carbocycles. The highest BCUT2D eigenvalue weighted by molar-refractivity contribution is 6.19. The summed E-state index contributed by atoms with van der Waals surface area (Å²) in [6.45, 7) is 1.98. The van der Waals surface area contributed by atoms with E-state index >= 15 is 0 Å². The number of esters is 1. The Hall–Kier alpha value is -1.85. The molecule has 6 heteroatoms. The largest absolute Gasteiger partial charge is 0.507 e. The fourth-order valence-electron chi connectivity index (χ4n) is 1.72. The van der Waals surface area contributed by atoms with Gasteiger partial charge in [0.1, 0.15) is 5.57 Å². The fourth-order valence-corrected chi connectivity index (χ4v) is 1.72. The number of ketones is 1. The predicted molar refractivity (Wildman–Crippen MR) is 60.9 cm³/mol. The number of aliphatic carboxylic acids is 1. The first-order valence-electron chi connectivity index (χ1n) is 5.86. The maximum Gasteiger partial charge on any atom is 0.346 e. The first kappa shape index (κ1) is 14.2. The van der Waals surface area contributed by atoms with E-state index in [2.05, 4.69) is 4.74 Å². The van der Waals surface area contributed by atoms with Gasteiger partial charge in [-0.05, 0) is 6.42 Å². The molecule has 0 fully saturated rings. The lowest BCUT2D eigenvalue weighted by Crippen LogP contribution is -2.16. The molecule has 0 saturated carbocycles. The van der Waals surface area contributed by atoms with Crippen molar-refractivity contribution in [1.29, 1.82) is 0 Å². The molecule has 0 aromatic heterocycles. The minimum atomic E-state index is -1.24. The van der Waals surface area contributed by atoms with Crippen molar-refractivity contribution < 1.29 is 29.3 Å². The quantitative estimate of drug-likeness (QED) is 0.405. The molecule has 1 heterocycles. The number of carbonyl (C=O) groups excluding carboxylic acids is 2. The summed E-state index contributed by atoms with van der Waals surface area (Å²) < 4.78 is 4.66. The average Bonchev–Trinajstić information content (AvgIpc) is 2.53. The van der Waals surface area contributed by atoms with Crippen LogP contribution in [-0.4, -0.2) is 34.0 Å². The van der Waals surface area contributed by atoms with Crippen LogP contribution in [0.25, 0.3) is 0 Å². The Morgan fingerprint density at radius 3 is 2.56 bits per heavy atom. The van der Waals surface area contributed by atoms with Gasteiger partial charge in [-0.25, -0.2) is 4.79 Å². The Morgan fingerprint density at radius 2 is 2.00 bits per heavy atom. The number of unbranched alkanes of at least 4 members (excludes halogenated alkanes) is 2. The SMILES string of the molecule is CCCCCC(=O)C1=C(O)[C@@H](CC(=O)O)OC1=O. The Kier molecular flexibility index (Phi) is 4.88. The Labute approximate surface area is 104 Å². The number of carboxylic acids is 1. The van der Waals surface area contributed by atoms with Gasteiger partial charge < -0.3 is 14.9 Å². The first-order chi connectivity index (χ1) is 8.47. The van der Waals surface area contributed by atoms with Crippen LogP contribution in [-0.2, 0) is 19.1 Å². The molecule has 6 nitrogen and oxygen atoms in total. The van der Waals surface area contributed by atoms with Gasteiger partial charge in [-0.3, -0.25) is 9.59 Å². The van der Waals surface area contributed by atoms with Crippen molar-refractivity contribution in [2.24, 2.45) is 0 Å². The number of cyclic esters (lactones) is 1. The number of rotatable bonds is 7. The fraction of sp³-hybridized carbons (Fsp3) is 0.583. The minimum Gasteiger partial charge on any atom is -0.507 e. The summed E-state index contributed by atoms with van der Waals surface area (Å²) >= 11 is 0. The normalized spacial score (nSPS) is 18.9. The zero-order chi connectivity index (χ0) is 13.7. The maximum absolute atomic E-state index is 11.7. The third-order valence-electron chi connectivity index (χ3n) is 2.66. The molecule has 0 aromatic rings. The van der Waals surface area contributed by atoms with E-state index in [0.29, 0.717) is 6.42 Å². The van der Waals surface area contributed by atoms with Gasteiger partial charge in [0.05, 0.1) is 6.42 Å². The lowest BCUT2D eigenvalue weighted by Gasteiger charge is -2.05. The van der Waals surface area contributed by atoms with Gasteiger partial charge in [0.2, 0.25) is 0 Å². The molecule has 0 amide bonds. The molecule has 100 valence electrons. The molecule has 1 atom stereocenters. The summed E-state index contributed by atoms with van der Waals surface area (Å²) in [5, 5.41) is 18.2. The van der Waals surface area contributed by atoms with E-state index in [1.165, 1.54) is 0 Å². The van der Waals surface area contributed by atoms with E-state index in [1.807, 2.05) is 6.92 Å². The van der Waals surface area contributed by atoms with Crippen molar-refractivity contribution in [3.63, 3.8) is 0 Å². The van der Waals surface area contributed by atoms with Crippen LogP contribution in [0.4, 0.5) is 0 Å². The Balaban J connectivity index is 2.72. The molecule has 0 radical (unpaired) electrons. The zero-order valence-corrected chi connectivity index (χ0v) is 10.1. The molecular weight excluding hydrogens is 240 g/mol. The summed E-state index contributed by atoms with van der Waals surface area (Å²) in [5.74, 6) is -3.18. The van der Waals surface area contributed by atoms with Gasteiger partial charge in [0.15, 0.2) is 17.6 Å². The number of hydrogen-bond donors (Lipinski definition) is 2. The van der Waals surface area contributed by atoms with Gasteiger partial charge in [-0.1, -0.05) is 19.8 Å². The summed E-state index contributed by atoms with van der Waals surface area (Å²) in [5.41, 5.74) is -0.391. The van der Waals surface area contributed by atoms with E-state index in [4.69, 9.17) is 5.11 Å². The smallest absolute Gasteiger partial charge is 0.346 e. The van der Waals surface area contributed by atoms with E-state index in [-0.39, 0.29) is 6.42 Å². The number of hydrogen-bond acceptors (Lipinski definition) is 5. The van der Waals surface area contributed by atoms with Crippen LogP contribution in [0.5, 0.6) is 0 Å². The summed E-state index contributed by atoms with van der Waals surface area (Å²) in [7, 11) is 0. The number of carboxylic acid groups (broad SMARTS) is 1. The highest BCUT2D eigenvalue weighted by Gasteiger charge is 2.38. The third kappa shape index (κ3) is 3.32. The molecule has 0 bridgehead atoms. The number of aliphatic hydroxyl groups excluding tert-OH is 1. The molecule has 18 heavy (non-hydrogen) atoms. The lowest BCUT2D eigenvalue weighted by atomic mass is 10.0. The van der Waals surface area contributed by atoms with Gasteiger partial charge in [0, 0.05) is 6.42 Å². The van der Waals surface area contributed by atoms with Crippen molar-refractivity contribution in [2.45, 2.75) is 45.1 Å². The summed E-state index contributed by atoms with van der Waals surface area (Å²) in [6, 6.07) is 0. The van der Waals surface area contributed by atoms with Gasteiger partial charge in [-0.2, -0.15) is 0 Å². The summed E-state index contributed by atoms with van der Waals surface area (Å²) in [4.78, 5) is 33.6. The summed E-state index contributed by atoms with van der Waals surface area (Å²) in [6.07, 6.45) is 0.798. The van der Waals surface area contributed by atoms with E-state index in [9.17, 15) is 19.5 Å². The molecule has 2 N–H and O–H groups in total. The molecule has 1 rings (SSSR count). The van der Waals surface area contributed by atoms with Crippen LogP contribution in [0, 0.1) is 0 Å². The minimum absolute atomic E-state index is 0.155.